The van der Waals surface area contributed by atoms with Gasteiger partial charge in [-0.15, -0.1) is 11.3 Å². The van der Waals surface area contributed by atoms with Crippen LogP contribution in [0.1, 0.15) is 55.8 Å². The van der Waals surface area contributed by atoms with Gasteiger partial charge < -0.3 is 11.1 Å². The lowest BCUT2D eigenvalue weighted by atomic mass is 10.1. The number of carbonyl (C=O) groups is 1. The number of hydrogen-bond donors (Lipinski definition) is 2. The molecule has 0 amide bonds. The molecule has 0 saturated carbocycles. The quantitative estimate of drug-likeness (QED) is 0.590. The molecule has 0 bridgehead atoms. The number of nitrogens with zero attached hydrogens (tertiary/aromatic N) is 1. The molecule has 110 valence electrons. The second kappa shape index (κ2) is 7.30. The number of thiophene rings is 1. The first-order chi connectivity index (χ1) is 9.38. The molecule has 1 rings (SSSR count). The fraction of sp³-hybridized carbons (Fsp3) is 0.600. The Morgan fingerprint density at radius 1 is 1.40 bits per heavy atom. The fourth-order valence-corrected chi connectivity index (χ4v) is 3.02. The van der Waals surface area contributed by atoms with E-state index in [4.69, 9.17) is 5.73 Å². The van der Waals surface area contributed by atoms with Crippen LogP contribution < -0.4 is 11.1 Å². The van der Waals surface area contributed by atoms with E-state index >= 15 is 0 Å². The van der Waals surface area contributed by atoms with Crippen LogP contribution in [-0.2, 0) is 0 Å². The summed E-state index contributed by atoms with van der Waals surface area (Å²) in [7, 11) is 0. The van der Waals surface area contributed by atoms with Crippen molar-refractivity contribution in [2.75, 3.05) is 17.6 Å². The largest absolute Gasteiger partial charge is 0.396 e. The van der Waals surface area contributed by atoms with E-state index in [0.29, 0.717) is 22.0 Å². The third kappa shape index (κ3) is 3.97. The fourth-order valence-electron chi connectivity index (χ4n) is 1.84. The van der Waals surface area contributed by atoms with Gasteiger partial charge in [0.05, 0.1) is 10.6 Å². The molecule has 0 aliphatic rings. The van der Waals surface area contributed by atoms with Crippen LogP contribution in [0.3, 0.4) is 0 Å². The molecule has 0 aliphatic heterocycles. The minimum absolute atomic E-state index is 0.000713. The third-order valence-electron chi connectivity index (χ3n) is 3.05. The maximum Gasteiger partial charge on any atom is 0.177 e. The van der Waals surface area contributed by atoms with Crippen LogP contribution in [0.15, 0.2) is 0 Å². The topological polar surface area (TPSA) is 78.9 Å². The molecule has 0 spiro atoms. The van der Waals surface area contributed by atoms with E-state index in [9.17, 15) is 10.1 Å². The lowest BCUT2D eigenvalue weighted by Crippen LogP contribution is -2.07. The van der Waals surface area contributed by atoms with Crippen molar-refractivity contribution in [3.63, 3.8) is 0 Å². The number of anilines is 2. The second-order valence-corrected chi connectivity index (χ2v) is 6.66. The first-order valence-electron chi connectivity index (χ1n) is 6.98. The highest BCUT2D eigenvalue weighted by Gasteiger charge is 2.22. The predicted molar refractivity (Wildman–Crippen MR) is 85.2 cm³/mol. The average molecular weight is 293 g/mol. The molecule has 3 N–H and O–H groups in total. The number of nitrogens with one attached hydrogen (secondary N) is 1. The van der Waals surface area contributed by atoms with Gasteiger partial charge in [0.15, 0.2) is 5.78 Å². The highest BCUT2D eigenvalue weighted by Crippen LogP contribution is 2.36. The summed E-state index contributed by atoms with van der Waals surface area (Å²) in [6, 6.07) is 2.10. The van der Waals surface area contributed by atoms with E-state index in [1.54, 1.807) is 0 Å². The Hall–Kier alpha value is -1.54. The molecule has 1 aromatic rings. The number of ketones is 1. The number of nitrogens with two attached hydrogens (primary N) is 1. The number of nitrogen functional groups attached to an aromatic ring is 1. The van der Waals surface area contributed by atoms with Crippen molar-refractivity contribution < 1.29 is 4.79 Å². The molecule has 0 fully saturated rings. The molecular formula is C15H23N3OS. The Morgan fingerprint density at radius 2 is 2.05 bits per heavy atom. The van der Waals surface area contributed by atoms with Crippen LogP contribution in [0.4, 0.5) is 10.7 Å². The van der Waals surface area contributed by atoms with Crippen molar-refractivity contribution in [1.29, 1.82) is 5.26 Å². The van der Waals surface area contributed by atoms with Crippen molar-refractivity contribution in [2.24, 2.45) is 11.8 Å². The van der Waals surface area contributed by atoms with E-state index in [1.807, 2.05) is 13.8 Å². The normalized spacial score (nSPS) is 10.8. The first kappa shape index (κ1) is 16.5. The van der Waals surface area contributed by atoms with Crippen LogP contribution in [0.25, 0.3) is 0 Å². The zero-order valence-corrected chi connectivity index (χ0v) is 13.4. The number of nitriles is 1. The smallest absolute Gasteiger partial charge is 0.177 e. The minimum Gasteiger partial charge on any atom is -0.396 e. The average Bonchev–Trinajstić information content (AvgIpc) is 2.69. The summed E-state index contributed by atoms with van der Waals surface area (Å²) in [5, 5.41) is 13.2. The van der Waals surface area contributed by atoms with Crippen molar-refractivity contribution in [3.8, 4) is 6.07 Å². The number of Topliss-reactive ketones (excluding diaryl/α,β-unsaturated/α-hetero) is 1. The summed E-state index contributed by atoms with van der Waals surface area (Å²) >= 11 is 1.30. The van der Waals surface area contributed by atoms with Gasteiger partial charge in [-0.25, -0.2) is 0 Å². The molecule has 0 aromatic carbocycles. The number of carbonyl (C=O) groups excluding carboxylic acids is 1. The van der Waals surface area contributed by atoms with Gasteiger partial charge in [0, 0.05) is 12.5 Å². The molecule has 0 aliphatic carbocycles. The van der Waals surface area contributed by atoms with Crippen LogP contribution >= 0.6 is 11.3 Å². The Morgan fingerprint density at radius 3 is 2.55 bits per heavy atom. The second-order valence-electron chi connectivity index (χ2n) is 5.64. The lowest BCUT2D eigenvalue weighted by Gasteiger charge is -2.06. The maximum absolute atomic E-state index is 12.1. The summed E-state index contributed by atoms with van der Waals surface area (Å²) in [6.45, 7) is 8.83. The molecule has 1 heterocycles. The van der Waals surface area contributed by atoms with Gasteiger partial charge in [-0.1, -0.05) is 27.7 Å². The van der Waals surface area contributed by atoms with E-state index in [1.165, 1.54) is 11.3 Å². The summed E-state index contributed by atoms with van der Waals surface area (Å²) in [4.78, 5) is 12.6. The van der Waals surface area contributed by atoms with Crippen molar-refractivity contribution in [3.05, 3.63) is 10.4 Å². The van der Waals surface area contributed by atoms with Gasteiger partial charge in [-0.3, -0.25) is 4.79 Å². The first-order valence-corrected chi connectivity index (χ1v) is 7.80. The molecule has 0 unspecified atom stereocenters. The van der Waals surface area contributed by atoms with Gasteiger partial charge >= 0.3 is 0 Å². The summed E-state index contributed by atoms with van der Waals surface area (Å²) in [6.07, 6.45) is 2.17. The van der Waals surface area contributed by atoms with E-state index in [2.05, 4.69) is 25.2 Å². The molecule has 5 heteroatoms. The molecule has 0 radical (unpaired) electrons. The molecule has 4 nitrogen and oxygen atoms in total. The van der Waals surface area contributed by atoms with Gasteiger partial charge in [-0.05, 0) is 18.8 Å². The highest BCUT2D eigenvalue weighted by molar-refractivity contribution is 7.19. The molecule has 0 saturated heterocycles. The SMILES string of the molecule is CC(C)CCCNc1sc(C(=O)C(C)C)c(N)c1C#N. The maximum atomic E-state index is 12.1. The monoisotopic (exact) mass is 293 g/mol. The Kier molecular flexibility index (Phi) is 6.03. The number of rotatable bonds is 7. The lowest BCUT2D eigenvalue weighted by molar-refractivity contribution is 0.0944. The van der Waals surface area contributed by atoms with E-state index < -0.39 is 0 Å². The molecular weight excluding hydrogens is 270 g/mol. The number of hydrogen-bond acceptors (Lipinski definition) is 5. The molecule has 1 aromatic heterocycles. The Balaban J connectivity index is 2.84. The Bertz CT molecular complexity index is 512. The van der Waals surface area contributed by atoms with Crippen LogP contribution in [0.5, 0.6) is 0 Å². The highest BCUT2D eigenvalue weighted by atomic mass is 32.1. The third-order valence-corrected chi connectivity index (χ3v) is 4.23. The van der Waals surface area contributed by atoms with Gasteiger partial charge in [0.25, 0.3) is 0 Å². The van der Waals surface area contributed by atoms with E-state index in [0.717, 1.165) is 24.4 Å². The van der Waals surface area contributed by atoms with Crippen molar-refractivity contribution >= 4 is 27.8 Å². The summed E-state index contributed by atoms with van der Waals surface area (Å²) < 4.78 is 0. The van der Waals surface area contributed by atoms with Crippen LogP contribution in [0.2, 0.25) is 0 Å². The Labute approximate surface area is 125 Å². The van der Waals surface area contributed by atoms with Gasteiger partial charge in [0.1, 0.15) is 16.6 Å². The van der Waals surface area contributed by atoms with Crippen LogP contribution in [0, 0.1) is 23.2 Å². The van der Waals surface area contributed by atoms with Crippen LogP contribution in [-0.4, -0.2) is 12.3 Å². The minimum atomic E-state index is -0.115. The predicted octanol–water partition coefficient (Wildman–Crippen LogP) is 3.89. The van der Waals surface area contributed by atoms with Gasteiger partial charge in [0.2, 0.25) is 0 Å². The van der Waals surface area contributed by atoms with Gasteiger partial charge in [-0.2, -0.15) is 5.26 Å². The zero-order chi connectivity index (χ0) is 15.3. The standard InChI is InChI=1S/C15H23N3OS/c1-9(2)6-5-7-18-15-11(8-16)12(17)14(20-15)13(19)10(3)4/h9-10,18H,5-7,17H2,1-4H3. The van der Waals surface area contributed by atoms with Crippen molar-refractivity contribution in [2.45, 2.75) is 40.5 Å². The zero-order valence-electron chi connectivity index (χ0n) is 12.6. The van der Waals surface area contributed by atoms with Crippen molar-refractivity contribution in [1.82, 2.24) is 0 Å². The van der Waals surface area contributed by atoms with E-state index in [-0.39, 0.29) is 11.7 Å². The summed E-state index contributed by atoms with van der Waals surface area (Å²) in [5.41, 5.74) is 6.66. The summed E-state index contributed by atoms with van der Waals surface area (Å²) in [5.74, 6) is 0.550. The molecule has 0 atom stereocenters. The molecule has 20 heavy (non-hydrogen) atoms.